The number of nitrogens with one attached hydrogen (secondary N) is 1. The quantitative estimate of drug-likeness (QED) is 0.888. The van der Waals surface area contributed by atoms with Crippen molar-refractivity contribution in [3.8, 4) is 5.75 Å². The molecule has 1 aliphatic heterocycles. The van der Waals surface area contributed by atoms with Crippen molar-refractivity contribution < 1.29 is 4.74 Å². The van der Waals surface area contributed by atoms with Crippen molar-refractivity contribution in [1.29, 1.82) is 0 Å². The van der Waals surface area contributed by atoms with Gasteiger partial charge in [-0.05, 0) is 55.0 Å². The Balaban J connectivity index is 2.10. The number of benzene rings is 1. The molecule has 0 amide bonds. The van der Waals surface area contributed by atoms with Gasteiger partial charge in [-0.1, -0.05) is 12.1 Å². The molecule has 1 saturated heterocycles. The van der Waals surface area contributed by atoms with E-state index in [9.17, 15) is 0 Å². The summed E-state index contributed by atoms with van der Waals surface area (Å²) >= 11 is 2.08. The minimum Gasteiger partial charge on any atom is -0.497 e. The van der Waals surface area contributed by atoms with Gasteiger partial charge in [-0.2, -0.15) is 11.8 Å². The second-order valence-electron chi connectivity index (χ2n) is 4.49. The molecule has 1 aromatic carbocycles. The van der Waals surface area contributed by atoms with Gasteiger partial charge in [-0.15, -0.1) is 0 Å². The van der Waals surface area contributed by atoms with Gasteiger partial charge in [0, 0.05) is 6.04 Å². The van der Waals surface area contributed by atoms with Crippen LogP contribution in [0.1, 0.15) is 24.4 Å². The van der Waals surface area contributed by atoms with Crippen molar-refractivity contribution in [1.82, 2.24) is 5.32 Å². The molecule has 0 aromatic heterocycles. The van der Waals surface area contributed by atoms with Gasteiger partial charge >= 0.3 is 0 Å². The Labute approximate surface area is 108 Å². The van der Waals surface area contributed by atoms with Crippen LogP contribution in [0.25, 0.3) is 0 Å². The average Bonchev–Trinajstić information content (AvgIpc) is 2.42. The second kappa shape index (κ2) is 6.31. The van der Waals surface area contributed by atoms with Gasteiger partial charge in [0.1, 0.15) is 5.75 Å². The third kappa shape index (κ3) is 3.17. The fourth-order valence-corrected chi connectivity index (χ4v) is 3.68. The van der Waals surface area contributed by atoms with E-state index in [0.29, 0.717) is 6.04 Å². The van der Waals surface area contributed by atoms with Crippen LogP contribution in [0, 0.1) is 5.92 Å². The molecule has 2 nitrogen and oxygen atoms in total. The summed E-state index contributed by atoms with van der Waals surface area (Å²) in [6.45, 7) is 0. The Bertz CT molecular complexity index is 333. The lowest BCUT2D eigenvalue weighted by Crippen LogP contribution is -2.28. The van der Waals surface area contributed by atoms with Crippen LogP contribution < -0.4 is 10.1 Å². The molecule has 1 fully saturated rings. The molecule has 1 aliphatic rings. The fourth-order valence-electron chi connectivity index (χ4n) is 2.53. The first-order chi connectivity index (χ1) is 8.35. The minimum atomic E-state index is 0.488. The smallest absolute Gasteiger partial charge is 0.118 e. The number of hydrogen-bond acceptors (Lipinski definition) is 3. The molecule has 1 aromatic rings. The molecular weight excluding hydrogens is 230 g/mol. The highest BCUT2D eigenvalue weighted by molar-refractivity contribution is 7.99. The van der Waals surface area contributed by atoms with Crippen molar-refractivity contribution in [3.63, 3.8) is 0 Å². The van der Waals surface area contributed by atoms with Crippen LogP contribution in [-0.4, -0.2) is 25.7 Å². The molecule has 1 N–H and O–H groups in total. The molecule has 0 radical (unpaired) electrons. The Morgan fingerprint density at radius 2 is 1.88 bits per heavy atom. The largest absolute Gasteiger partial charge is 0.497 e. The molecule has 1 atom stereocenters. The molecule has 0 spiro atoms. The fraction of sp³-hybridized carbons (Fsp3) is 0.571. The van der Waals surface area contributed by atoms with E-state index < -0.39 is 0 Å². The molecule has 0 saturated carbocycles. The van der Waals surface area contributed by atoms with Crippen molar-refractivity contribution >= 4 is 11.8 Å². The molecule has 1 unspecified atom stereocenters. The SMILES string of the molecule is CNC(c1ccc(OC)cc1)C1CCSCC1. The zero-order valence-corrected chi connectivity index (χ0v) is 11.4. The summed E-state index contributed by atoms with van der Waals surface area (Å²) in [7, 11) is 3.78. The number of ether oxygens (including phenoxy) is 1. The van der Waals surface area contributed by atoms with Crippen molar-refractivity contribution in [2.24, 2.45) is 5.92 Å². The first-order valence-electron chi connectivity index (χ1n) is 6.24. The number of hydrogen-bond donors (Lipinski definition) is 1. The van der Waals surface area contributed by atoms with Crippen LogP contribution in [0.15, 0.2) is 24.3 Å². The molecule has 0 bridgehead atoms. The van der Waals surface area contributed by atoms with E-state index in [2.05, 4.69) is 48.4 Å². The topological polar surface area (TPSA) is 21.3 Å². The van der Waals surface area contributed by atoms with Crippen LogP contribution in [0.2, 0.25) is 0 Å². The van der Waals surface area contributed by atoms with Gasteiger partial charge in [0.2, 0.25) is 0 Å². The summed E-state index contributed by atoms with van der Waals surface area (Å²) in [6.07, 6.45) is 2.64. The van der Waals surface area contributed by atoms with E-state index in [0.717, 1.165) is 11.7 Å². The highest BCUT2D eigenvalue weighted by Gasteiger charge is 2.23. The molecule has 2 rings (SSSR count). The Morgan fingerprint density at radius 3 is 2.41 bits per heavy atom. The zero-order valence-electron chi connectivity index (χ0n) is 10.6. The zero-order chi connectivity index (χ0) is 12.1. The Kier molecular flexibility index (Phi) is 4.75. The second-order valence-corrected chi connectivity index (χ2v) is 5.71. The van der Waals surface area contributed by atoms with Gasteiger partial charge in [-0.25, -0.2) is 0 Å². The normalized spacial score (nSPS) is 18.9. The summed E-state index contributed by atoms with van der Waals surface area (Å²) in [6, 6.07) is 8.96. The van der Waals surface area contributed by atoms with Crippen molar-refractivity contribution in [2.45, 2.75) is 18.9 Å². The van der Waals surface area contributed by atoms with E-state index in [1.165, 1.54) is 29.9 Å². The van der Waals surface area contributed by atoms with Gasteiger partial charge < -0.3 is 10.1 Å². The first kappa shape index (κ1) is 12.8. The van der Waals surface area contributed by atoms with Crippen LogP contribution in [0.3, 0.4) is 0 Å². The van der Waals surface area contributed by atoms with Crippen LogP contribution >= 0.6 is 11.8 Å². The molecule has 1 heterocycles. The van der Waals surface area contributed by atoms with Crippen LogP contribution in [0.5, 0.6) is 5.75 Å². The van der Waals surface area contributed by atoms with E-state index >= 15 is 0 Å². The lowest BCUT2D eigenvalue weighted by Gasteiger charge is -2.30. The number of methoxy groups -OCH3 is 1. The average molecular weight is 251 g/mol. The molecule has 17 heavy (non-hydrogen) atoms. The molecule has 94 valence electrons. The Hall–Kier alpha value is -0.670. The highest BCUT2D eigenvalue weighted by atomic mass is 32.2. The van der Waals surface area contributed by atoms with Crippen molar-refractivity contribution in [3.05, 3.63) is 29.8 Å². The van der Waals surface area contributed by atoms with Gasteiger partial charge in [0.05, 0.1) is 7.11 Å². The molecule has 3 heteroatoms. The number of thioether (sulfide) groups is 1. The minimum absolute atomic E-state index is 0.488. The number of rotatable bonds is 4. The van der Waals surface area contributed by atoms with E-state index in [1.54, 1.807) is 7.11 Å². The lowest BCUT2D eigenvalue weighted by atomic mass is 9.88. The summed E-state index contributed by atoms with van der Waals surface area (Å²) in [5, 5.41) is 3.48. The van der Waals surface area contributed by atoms with E-state index in [1.807, 2.05) is 0 Å². The molecular formula is C14H21NOS. The summed E-state index contributed by atoms with van der Waals surface area (Å²) in [4.78, 5) is 0. The predicted octanol–water partition coefficient (Wildman–Crippen LogP) is 3.10. The first-order valence-corrected chi connectivity index (χ1v) is 7.39. The van der Waals surface area contributed by atoms with Crippen LogP contribution in [-0.2, 0) is 0 Å². The highest BCUT2D eigenvalue weighted by Crippen LogP contribution is 2.33. The van der Waals surface area contributed by atoms with E-state index in [-0.39, 0.29) is 0 Å². The lowest BCUT2D eigenvalue weighted by molar-refractivity contribution is 0.357. The monoisotopic (exact) mass is 251 g/mol. The molecule has 0 aliphatic carbocycles. The maximum atomic E-state index is 5.20. The van der Waals surface area contributed by atoms with Crippen LogP contribution in [0.4, 0.5) is 0 Å². The maximum absolute atomic E-state index is 5.20. The van der Waals surface area contributed by atoms with E-state index in [4.69, 9.17) is 4.74 Å². The predicted molar refractivity (Wildman–Crippen MR) is 74.8 cm³/mol. The summed E-state index contributed by atoms with van der Waals surface area (Å²) < 4.78 is 5.20. The summed E-state index contributed by atoms with van der Waals surface area (Å²) in [5.74, 6) is 4.32. The maximum Gasteiger partial charge on any atom is 0.118 e. The summed E-state index contributed by atoms with van der Waals surface area (Å²) in [5.41, 5.74) is 1.38. The standard InChI is InChI=1S/C14H21NOS/c1-15-14(12-7-9-17-10-8-12)11-3-5-13(16-2)6-4-11/h3-6,12,14-15H,7-10H2,1-2H3. The van der Waals surface area contributed by atoms with Gasteiger partial charge in [0.15, 0.2) is 0 Å². The Morgan fingerprint density at radius 1 is 1.24 bits per heavy atom. The third-order valence-corrected chi connectivity index (χ3v) is 4.57. The van der Waals surface area contributed by atoms with Gasteiger partial charge in [0.25, 0.3) is 0 Å². The third-order valence-electron chi connectivity index (χ3n) is 3.52. The van der Waals surface area contributed by atoms with Crippen molar-refractivity contribution in [2.75, 3.05) is 25.7 Å². The van der Waals surface area contributed by atoms with Gasteiger partial charge in [-0.3, -0.25) is 0 Å².